The highest BCUT2D eigenvalue weighted by molar-refractivity contribution is 4.54. The number of unbranched alkanes of at least 4 members (excludes halogenated alkanes) is 2. The van der Waals surface area contributed by atoms with E-state index in [1.165, 1.54) is 44.9 Å². The minimum absolute atomic E-state index is 0.894. The molecule has 0 amide bonds. The van der Waals surface area contributed by atoms with E-state index in [0.29, 0.717) is 0 Å². The van der Waals surface area contributed by atoms with Crippen molar-refractivity contribution in [2.24, 2.45) is 11.8 Å². The summed E-state index contributed by atoms with van der Waals surface area (Å²) >= 11 is 0. The summed E-state index contributed by atoms with van der Waals surface area (Å²) in [7, 11) is 0. The van der Waals surface area contributed by atoms with Crippen LogP contribution >= 0.6 is 0 Å². The number of hydrogen-bond acceptors (Lipinski definition) is 0. The molecule has 0 aliphatic heterocycles. The van der Waals surface area contributed by atoms with E-state index in [0.717, 1.165) is 11.8 Å². The summed E-state index contributed by atoms with van der Waals surface area (Å²) in [6, 6.07) is 0. The second kappa shape index (κ2) is 14.0. The van der Waals surface area contributed by atoms with Crippen molar-refractivity contribution in [3.63, 3.8) is 0 Å². The smallest absolute Gasteiger partial charge is 0.0443 e. The highest BCUT2D eigenvalue weighted by atomic mass is 14.1. The van der Waals surface area contributed by atoms with Gasteiger partial charge in [0.15, 0.2) is 0 Å². The molecule has 0 nitrogen and oxygen atoms in total. The lowest BCUT2D eigenvalue weighted by Gasteiger charge is -2.10. The highest BCUT2D eigenvalue weighted by Gasteiger charge is 2.01. The zero-order chi connectivity index (χ0) is 12.1. The lowest BCUT2D eigenvalue weighted by atomic mass is 9.96. The maximum absolute atomic E-state index is 2.41. The summed E-state index contributed by atoms with van der Waals surface area (Å²) in [5.74, 6) is 1.86. The molecule has 0 heteroatoms. The van der Waals surface area contributed by atoms with Crippen LogP contribution in [-0.2, 0) is 0 Å². The van der Waals surface area contributed by atoms with Crippen molar-refractivity contribution in [2.75, 3.05) is 0 Å². The van der Waals surface area contributed by atoms with Crippen molar-refractivity contribution in [3.05, 3.63) is 0 Å². The molecule has 1 unspecified atom stereocenters. The Kier molecular flexibility index (Phi) is 16.2. The minimum Gasteiger partial charge on any atom is -0.0683 e. The summed E-state index contributed by atoms with van der Waals surface area (Å²) in [5, 5.41) is 0. The Bertz CT molecular complexity index is 94.2. The Labute approximate surface area is 98.9 Å². The van der Waals surface area contributed by atoms with Gasteiger partial charge in [-0.25, -0.2) is 0 Å². The molecular weight excluding hydrogens is 180 g/mol. The quantitative estimate of drug-likeness (QED) is 0.431. The van der Waals surface area contributed by atoms with E-state index in [1.54, 1.807) is 0 Å². The molecule has 1 atom stereocenters. The van der Waals surface area contributed by atoms with Gasteiger partial charge >= 0.3 is 0 Å². The molecule has 0 saturated heterocycles. The SMILES string of the molecule is CC.CCCCC(C)CCCCC(C)C. The van der Waals surface area contributed by atoms with Crippen molar-refractivity contribution >= 4 is 0 Å². The second-order valence-electron chi connectivity index (χ2n) is 4.93. The summed E-state index contributed by atoms with van der Waals surface area (Å²) in [5.41, 5.74) is 0. The van der Waals surface area contributed by atoms with E-state index in [2.05, 4.69) is 27.7 Å². The lowest BCUT2D eigenvalue weighted by molar-refractivity contribution is 0.431. The summed E-state index contributed by atoms with van der Waals surface area (Å²) < 4.78 is 0. The van der Waals surface area contributed by atoms with Crippen molar-refractivity contribution in [2.45, 2.75) is 86.5 Å². The molecule has 0 aliphatic rings. The fourth-order valence-electron chi connectivity index (χ4n) is 1.74. The van der Waals surface area contributed by atoms with Gasteiger partial charge in [0.05, 0.1) is 0 Å². The molecule has 0 saturated carbocycles. The molecule has 0 aromatic heterocycles. The molecular formula is C15H34. The van der Waals surface area contributed by atoms with Gasteiger partial charge in [-0.3, -0.25) is 0 Å². The Morgan fingerprint density at radius 3 is 1.67 bits per heavy atom. The molecule has 0 aliphatic carbocycles. The Hall–Kier alpha value is 0. The molecule has 15 heavy (non-hydrogen) atoms. The molecule has 0 radical (unpaired) electrons. The first-order valence-corrected chi connectivity index (χ1v) is 7.16. The summed E-state index contributed by atoms with van der Waals surface area (Å²) in [6.45, 7) is 13.3. The van der Waals surface area contributed by atoms with Gasteiger partial charge in [-0.15, -0.1) is 0 Å². The van der Waals surface area contributed by atoms with E-state index in [9.17, 15) is 0 Å². The molecule has 0 rings (SSSR count). The Morgan fingerprint density at radius 2 is 1.20 bits per heavy atom. The van der Waals surface area contributed by atoms with Gasteiger partial charge in [0.25, 0.3) is 0 Å². The zero-order valence-corrected chi connectivity index (χ0v) is 12.1. The number of hydrogen-bond donors (Lipinski definition) is 0. The van der Waals surface area contributed by atoms with Crippen molar-refractivity contribution in [3.8, 4) is 0 Å². The maximum Gasteiger partial charge on any atom is -0.0443 e. The van der Waals surface area contributed by atoms with Crippen LogP contribution in [0, 0.1) is 11.8 Å². The Morgan fingerprint density at radius 1 is 0.733 bits per heavy atom. The monoisotopic (exact) mass is 214 g/mol. The first-order chi connectivity index (χ1) is 7.16. The van der Waals surface area contributed by atoms with E-state index in [4.69, 9.17) is 0 Å². The summed E-state index contributed by atoms with van der Waals surface area (Å²) in [4.78, 5) is 0. The predicted octanol–water partition coefficient (Wildman–Crippen LogP) is 6.06. The van der Waals surface area contributed by atoms with Crippen LogP contribution < -0.4 is 0 Å². The van der Waals surface area contributed by atoms with Crippen LogP contribution in [0.25, 0.3) is 0 Å². The molecule has 0 heterocycles. The zero-order valence-electron chi connectivity index (χ0n) is 12.1. The van der Waals surface area contributed by atoms with Gasteiger partial charge in [0.1, 0.15) is 0 Å². The van der Waals surface area contributed by atoms with E-state index >= 15 is 0 Å². The van der Waals surface area contributed by atoms with Gasteiger partial charge in [0, 0.05) is 0 Å². The maximum atomic E-state index is 2.41. The summed E-state index contributed by atoms with van der Waals surface area (Å²) in [6.07, 6.45) is 9.98. The van der Waals surface area contributed by atoms with Gasteiger partial charge < -0.3 is 0 Å². The van der Waals surface area contributed by atoms with Crippen molar-refractivity contribution in [1.82, 2.24) is 0 Å². The standard InChI is InChI=1S/C13H28.C2H6/c1-5-6-10-13(4)11-8-7-9-12(2)3;1-2/h12-13H,5-11H2,1-4H3;1-2H3. The normalized spacial score (nSPS) is 12.2. The van der Waals surface area contributed by atoms with Crippen LogP contribution in [0.3, 0.4) is 0 Å². The molecule has 0 aromatic carbocycles. The van der Waals surface area contributed by atoms with Crippen LogP contribution in [0.5, 0.6) is 0 Å². The van der Waals surface area contributed by atoms with Crippen LogP contribution in [0.1, 0.15) is 86.5 Å². The second-order valence-corrected chi connectivity index (χ2v) is 4.93. The molecule has 0 fully saturated rings. The largest absolute Gasteiger partial charge is 0.0683 e. The third-order valence-corrected chi connectivity index (χ3v) is 2.78. The van der Waals surface area contributed by atoms with Gasteiger partial charge in [-0.1, -0.05) is 86.5 Å². The van der Waals surface area contributed by atoms with Crippen LogP contribution in [0.4, 0.5) is 0 Å². The van der Waals surface area contributed by atoms with Crippen molar-refractivity contribution < 1.29 is 0 Å². The van der Waals surface area contributed by atoms with Crippen LogP contribution in [0.2, 0.25) is 0 Å². The first kappa shape index (κ1) is 17.4. The van der Waals surface area contributed by atoms with Crippen LogP contribution in [0.15, 0.2) is 0 Å². The van der Waals surface area contributed by atoms with E-state index in [1.807, 2.05) is 13.8 Å². The molecule has 0 bridgehead atoms. The van der Waals surface area contributed by atoms with Crippen molar-refractivity contribution in [1.29, 1.82) is 0 Å². The fraction of sp³-hybridized carbons (Fsp3) is 1.00. The third kappa shape index (κ3) is 16.7. The molecule has 0 spiro atoms. The van der Waals surface area contributed by atoms with E-state index in [-0.39, 0.29) is 0 Å². The van der Waals surface area contributed by atoms with Gasteiger partial charge in [-0.2, -0.15) is 0 Å². The van der Waals surface area contributed by atoms with Gasteiger partial charge in [-0.05, 0) is 11.8 Å². The average Bonchev–Trinajstić information content (AvgIpc) is 2.24. The highest BCUT2D eigenvalue weighted by Crippen LogP contribution is 2.17. The van der Waals surface area contributed by atoms with Gasteiger partial charge in [0.2, 0.25) is 0 Å². The number of rotatable bonds is 8. The molecule has 0 N–H and O–H groups in total. The predicted molar refractivity (Wildman–Crippen MR) is 73.3 cm³/mol. The third-order valence-electron chi connectivity index (χ3n) is 2.78. The topological polar surface area (TPSA) is 0 Å². The average molecular weight is 214 g/mol. The Balaban J connectivity index is 0. The minimum atomic E-state index is 0.894. The fourth-order valence-corrected chi connectivity index (χ4v) is 1.74. The first-order valence-electron chi connectivity index (χ1n) is 7.16. The van der Waals surface area contributed by atoms with Crippen LogP contribution in [-0.4, -0.2) is 0 Å². The van der Waals surface area contributed by atoms with E-state index < -0.39 is 0 Å². The lowest BCUT2D eigenvalue weighted by Crippen LogP contribution is -1.95. The molecule has 94 valence electrons. The molecule has 0 aromatic rings.